The summed E-state index contributed by atoms with van der Waals surface area (Å²) < 4.78 is 1.79. The fourth-order valence-electron chi connectivity index (χ4n) is 2.93. The number of thiophene rings is 1. The van der Waals surface area contributed by atoms with Gasteiger partial charge in [-0.15, -0.1) is 27.8 Å². The number of thiazole rings is 1. The Labute approximate surface area is 181 Å². The summed E-state index contributed by atoms with van der Waals surface area (Å²) in [4.78, 5) is 30.6. The highest BCUT2D eigenvalue weighted by Crippen LogP contribution is 2.24. The summed E-state index contributed by atoms with van der Waals surface area (Å²) >= 11 is 3.10. The van der Waals surface area contributed by atoms with E-state index in [1.54, 1.807) is 28.0 Å². The fourth-order valence-corrected chi connectivity index (χ4v) is 4.44. The monoisotopic (exact) mass is 439 g/mol. The Morgan fingerprint density at radius 1 is 1.10 bits per heavy atom. The first-order valence-electron chi connectivity index (χ1n) is 9.57. The Morgan fingerprint density at radius 3 is 2.60 bits per heavy atom. The molecule has 9 heteroatoms. The second-order valence-corrected chi connectivity index (χ2v) is 8.86. The van der Waals surface area contributed by atoms with E-state index in [1.165, 1.54) is 16.9 Å². The molecule has 0 saturated carbocycles. The topological polar surface area (TPSA) is 88.4 Å². The standard InChI is InChI=1S/C21H21N5O2S2/c1-13(2)14-5-7-15(8-6-14)23-20(28)19(27)22-10-9-16-12-30-21-24-18(25-26(16)21)17-4-3-11-29-17/h3-8,11-13H,9-10H2,1-2H3,(H,22,27)(H,23,28). The molecule has 0 fully saturated rings. The molecule has 7 nitrogen and oxygen atoms in total. The molecule has 30 heavy (non-hydrogen) atoms. The van der Waals surface area contributed by atoms with E-state index in [0.29, 0.717) is 30.4 Å². The normalized spacial score (nSPS) is 11.2. The molecule has 0 unspecified atom stereocenters. The van der Waals surface area contributed by atoms with Gasteiger partial charge in [0.05, 0.1) is 10.6 Å². The number of rotatable bonds is 6. The average molecular weight is 440 g/mol. The van der Waals surface area contributed by atoms with Gasteiger partial charge in [0, 0.05) is 24.0 Å². The highest BCUT2D eigenvalue weighted by molar-refractivity contribution is 7.15. The molecule has 154 valence electrons. The van der Waals surface area contributed by atoms with Crippen molar-refractivity contribution in [3.63, 3.8) is 0 Å². The Hall–Kier alpha value is -3.04. The maximum atomic E-state index is 12.1. The van der Waals surface area contributed by atoms with Crippen LogP contribution in [0, 0.1) is 0 Å². The lowest BCUT2D eigenvalue weighted by atomic mass is 10.0. The number of benzene rings is 1. The summed E-state index contributed by atoms with van der Waals surface area (Å²) in [6.45, 7) is 4.54. The van der Waals surface area contributed by atoms with Crippen molar-refractivity contribution in [1.82, 2.24) is 19.9 Å². The number of nitrogens with one attached hydrogen (secondary N) is 2. The largest absolute Gasteiger partial charge is 0.347 e. The molecule has 0 aliphatic rings. The lowest BCUT2D eigenvalue weighted by molar-refractivity contribution is -0.136. The number of carbonyl (C=O) groups excluding carboxylic acids is 2. The van der Waals surface area contributed by atoms with E-state index in [1.807, 2.05) is 35.0 Å². The lowest BCUT2D eigenvalue weighted by Gasteiger charge is -2.08. The summed E-state index contributed by atoms with van der Waals surface area (Å²) in [6, 6.07) is 11.5. The third-order valence-electron chi connectivity index (χ3n) is 4.60. The van der Waals surface area contributed by atoms with Gasteiger partial charge in [0.25, 0.3) is 0 Å². The number of aromatic nitrogens is 3. The van der Waals surface area contributed by atoms with E-state index in [-0.39, 0.29) is 0 Å². The summed E-state index contributed by atoms with van der Waals surface area (Å²) in [5.41, 5.74) is 2.72. The molecule has 4 rings (SSSR count). The number of hydrogen-bond acceptors (Lipinski definition) is 6. The van der Waals surface area contributed by atoms with Crippen LogP contribution in [0.2, 0.25) is 0 Å². The minimum absolute atomic E-state index is 0.332. The van der Waals surface area contributed by atoms with E-state index in [9.17, 15) is 9.59 Å². The van der Waals surface area contributed by atoms with Crippen molar-refractivity contribution in [2.75, 3.05) is 11.9 Å². The van der Waals surface area contributed by atoms with E-state index in [2.05, 4.69) is 34.6 Å². The minimum Gasteiger partial charge on any atom is -0.347 e. The van der Waals surface area contributed by atoms with Gasteiger partial charge < -0.3 is 10.6 Å². The molecule has 0 radical (unpaired) electrons. The van der Waals surface area contributed by atoms with Gasteiger partial charge in [-0.3, -0.25) is 9.59 Å². The van der Waals surface area contributed by atoms with E-state index >= 15 is 0 Å². The second-order valence-electron chi connectivity index (χ2n) is 7.07. The maximum Gasteiger partial charge on any atom is 0.313 e. The molecule has 0 saturated heterocycles. The van der Waals surface area contributed by atoms with E-state index in [4.69, 9.17) is 0 Å². The SMILES string of the molecule is CC(C)c1ccc(NC(=O)C(=O)NCCc2csc3nc(-c4cccs4)nn23)cc1. The molecule has 4 aromatic rings. The van der Waals surface area contributed by atoms with Gasteiger partial charge in [0.1, 0.15) is 0 Å². The third-order valence-corrected chi connectivity index (χ3v) is 6.33. The Balaban J connectivity index is 1.31. The predicted octanol–water partition coefficient (Wildman–Crippen LogP) is 3.94. The van der Waals surface area contributed by atoms with Crippen LogP contribution in [-0.4, -0.2) is 33.0 Å². The molecular formula is C21H21N5O2S2. The van der Waals surface area contributed by atoms with E-state index < -0.39 is 11.8 Å². The molecular weight excluding hydrogens is 418 g/mol. The Morgan fingerprint density at radius 2 is 1.90 bits per heavy atom. The minimum atomic E-state index is -0.677. The van der Waals surface area contributed by atoms with Crippen molar-refractivity contribution in [3.05, 3.63) is 58.4 Å². The van der Waals surface area contributed by atoms with Crippen LogP contribution in [0.5, 0.6) is 0 Å². The molecule has 2 amide bonds. The number of fused-ring (bicyclic) bond motifs is 1. The van der Waals surface area contributed by atoms with Crippen molar-refractivity contribution in [3.8, 4) is 10.7 Å². The quantitative estimate of drug-likeness (QED) is 0.446. The van der Waals surface area contributed by atoms with Gasteiger partial charge in [-0.1, -0.05) is 32.0 Å². The Bertz CT molecular complexity index is 1160. The van der Waals surface area contributed by atoms with Crippen LogP contribution in [0.4, 0.5) is 5.69 Å². The Kier molecular flexibility index (Phi) is 5.91. The van der Waals surface area contributed by atoms with Crippen molar-refractivity contribution < 1.29 is 9.59 Å². The number of hydrogen-bond donors (Lipinski definition) is 2. The molecule has 1 aromatic carbocycles. The van der Waals surface area contributed by atoms with Gasteiger partial charge >= 0.3 is 11.8 Å². The van der Waals surface area contributed by atoms with Crippen LogP contribution in [0.25, 0.3) is 15.7 Å². The molecule has 0 bridgehead atoms. The van der Waals surface area contributed by atoms with Crippen molar-refractivity contribution >= 4 is 45.1 Å². The smallest absolute Gasteiger partial charge is 0.313 e. The number of carbonyl (C=O) groups is 2. The van der Waals surface area contributed by atoms with Crippen molar-refractivity contribution in [1.29, 1.82) is 0 Å². The summed E-state index contributed by atoms with van der Waals surface area (Å²) in [5.74, 6) is -0.228. The van der Waals surface area contributed by atoms with Gasteiger partial charge in [0.15, 0.2) is 5.82 Å². The van der Waals surface area contributed by atoms with Crippen LogP contribution in [0.3, 0.4) is 0 Å². The first-order valence-corrected chi connectivity index (χ1v) is 11.3. The molecule has 0 atom stereocenters. The predicted molar refractivity (Wildman–Crippen MR) is 120 cm³/mol. The first-order chi connectivity index (χ1) is 14.5. The van der Waals surface area contributed by atoms with Crippen LogP contribution in [0.15, 0.2) is 47.2 Å². The van der Waals surface area contributed by atoms with Gasteiger partial charge in [0.2, 0.25) is 4.96 Å². The number of anilines is 1. The van der Waals surface area contributed by atoms with Crippen LogP contribution in [0.1, 0.15) is 31.0 Å². The maximum absolute atomic E-state index is 12.1. The molecule has 0 aliphatic carbocycles. The molecule has 3 aromatic heterocycles. The summed E-state index contributed by atoms with van der Waals surface area (Å²) in [7, 11) is 0. The second kappa shape index (κ2) is 8.76. The molecule has 3 heterocycles. The summed E-state index contributed by atoms with van der Waals surface area (Å²) in [6.07, 6.45) is 0.551. The van der Waals surface area contributed by atoms with Gasteiger partial charge in [-0.25, -0.2) is 4.52 Å². The first kappa shape index (κ1) is 20.2. The van der Waals surface area contributed by atoms with Crippen LogP contribution in [-0.2, 0) is 16.0 Å². The lowest BCUT2D eigenvalue weighted by Crippen LogP contribution is -2.36. The summed E-state index contributed by atoms with van der Waals surface area (Å²) in [5, 5.41) is 13.8. The zero-order valence-corrected chi connectivity index (χ0v) is 18.2. The van der Waals surface area contributed by atoms with Gasteiger partial charge in [-0.05, 0) is 35.1 Å². The van der Waals surface area contributed by atoms with Crippen molar-refractivity contribution in [2.24, 2.45) is 0 Å². The molecule has 0 aliphatic heterocycles. The highest BCUT2D eigenvalue weighted by atomic mass is 32.1. The number of nitrogens with zero attached hydrogens (tertiary/aromatic N) is 3. The van der Waals surface area contributed by atoms with E-state index in [0.717, 1.165) is 15.5 Å². The molecule has 0 spiro atoms. The molecule has 2 N–H and O–H groups in total. The zero-order chi connectivity index (χ0) is 21.1. The third kappa shape index (κ3) is 4.42. The van der Waals surface area contributed by atoms with Crippen LogP contribution >= 0.6 is 22.7 Å². The van der Waals surface area contributed by atoms with Crippen molar-refractivity contribution in [2.45, 2.75) is 26.2 Å². The fraction of sp³-hybridized carbons (Fsp3) is 0.238. The highest BCUT2D eigenvalue weighted by Gasteiger charge is 2.15. The van der Waals surface area contributed by atoms with Crippen LogP contribution < -0.4 is 10.6 Å². The average Bonchev–Trinajstić information content (AvgIpc) is 3.46. The van der Waals surface area contributed by atoms with Gasteiger partial charge in [-0.2, -0.15) is 4.98 Å². The number of amides is 2. The zero-order valence-electron chi connectivity index (χ0n) is 16.6.